The molecule has 1 aliphatic rings. The molecule has 0 amide bonds. The number of alkyl halides is 11. The Balaban J connectivity index is 2.62. The van der Waals surface area contributed by atoms with Crippen LogP contribution in [0.25, 0.3) is 0 Å². The molecule has 0 spiro atoms. The van der Waals surface area contributed by atoms with Crippen molar-refractivity contribution in [3.05, 3.63) is 33.4 Å². The lowest BCUT2D eigenvalue weighted by Crippen LogP contribution is -2.83. The van der Waals surface area contributed by atoms with Crippen LogP contribution in [0.5, 0.6) is 0 Å². The third-order valence-corrected chi connectivity index (χ3v) is 5.02. The van der Waals surface area contributed by atoms with Crippen LogP contribution in [0.4, 0.5) is 48.3 Å². The van der Waals surface area contributed by atoms with E-state index < -0.39 is 53.4 Å². The Morgan fingerprint density at radius 3 is 1.37 bits per heavy atom. The maximum absolute atomic E-state index is 14.5. The number of halogens is 12. The van der Waals surface area contributed by atoms with E-state index in [1.807, 2.05) is 0 Å². The first kappa shape index (κ1) is 22.4. The highest BCUT2D eigenvalue weighted by Crippen LogP contribution is 2.70. The summed E-state index contributed by atoms with van der Waals surface area (Å²) in [6.07, 6.45) is -5.38. The van der Waals surface area contributed by atoms with Crippen molar-refractivity contribution in [1.29, 1.82) is 0 Å². The fourth-order valence-corrected chi connectivity index (χ4v) is 2.97. The Hall–Kier alpha value is -0.860. The summed E-state index contributed by atoms with van der Waals surface area (Å²) in [6.45, 7) is 0. The van der Waals surface area contributed by atoms with Crippen LogP contribution < -0.4 is 0 Å². The Morgan fingerprint density at radius 2 is 1.00 bits per heavy atom. The van der Waals surface area contributed by atoms with E-state index in [9.17, 15) is 53.4 Å². The average molecular weight is 528 g/mol. The molecule has 1 unspecified atom stereocenters. The molecule has 1 saturated carbocycles. The third-order valence-electron chi connectivity index (χ3n) is 4.30. The Morgan fingerprint density at radius 1 is 0.667 bits per heavy atom. The molecule has 1 aliphatic carbocycles. The highest BCUT2D eigenvalue weighted by Gasteiger charge is 3.00. The molecule has 1 fully saturated rings. The molecule has 1 aromatic rings. The lowest BCUT2D eigenvalue weighted by atomic mass is 9.69. The van der Waals surface area contributed by atoms with Crippen molar-refractivity contribution in [1.82, 2.24) is 0 Å². The lowest BCUT2D eigenvalue weighted by molar-refractivity contribution is -0.487. The zero-order valence-electron chi connectivity index (χ0n) is 12.6. The fraction of sp³-hybridized carbons (Fsp3) is 0.571. The van der Waals surface area contributed by atoms with Crippen LogP contribution in [-0.2, 0) is 0 Å². The standard InChI is InChI=1S/C14H8F11IO/c15-9(5-8(27)6-1-3-7(26)4-2-6)10(16,17)12(20,21)14(24,25)13(22,23)11(9,18)19/h1-4,8,27H,5H2. The highest BCUT2D eigenvalue weighted by molar-refractivity contribution is 14.1. The van der Waals surface area contributed by atoms with Gasteiger partial charge >= 0.3 is 29.6 Å². The summed E-state index contributed by atoms with van der Waals surface area (Å²) in [5.74, 6) is -35.4. The van der Waals surface area contributed by atoms with E-state index in [0.29, 0.717) is 3.57 Å². The molecule has 1 nitrogen and oxygen atoms in total. The smallest absolute Gasteiger partial charge is 0.384 e. The minimum absolute atomic E-state index is 0.476. The van der Waals surface area contributed by atoms with Gasteiger partial charge in [0, 0.05) is 9.99 Å². The molecule has 0 radical (unpaired) electrons. The zero-order valence-corrected chi connectivity index (χ0v) is 14.7. The normalized spacial score (nSPS) is 27.7. The molecule has 0 heterocycles. The minimum Gasteiger partial charge on any atom is -0.388 e. The fourth-order valence-electron chi connectivity index (χ4n) is 2.61. The molecule has 0 aliphatic heterocycles. The third kappa shape index (κ3) is 2.59. The number of hydrogen-bond donors (Lipinski definition) is 1. The van der Waals surface area contributed by atoms with Gasteiger partial charge in [0.1, 0.15) is 0 Å². The Bertz CT molecular complexity index is 686. The Kier molecular flexibility index (Phi) is 5.04. The lowest BCUT2D eigenvalue weighted by Gasteiger charge is -2.52. The van der Waals surface area contributed by atoms with Crippen molar-refractivity contribution >= 4 is 22.6 Å². The quantitative estimate of drug-likeness (QED) is 0.400. The van der Waals surface area contributed by atoms with Gasteiger partial charge < -0.3 is 5.11 Å². The van der Waals surface area contributed by atoms with Crippen LogP contribution in [-0.4, -0.2) is 40.4 Å². The number of aliphatic hydroxyl groups excluding tert-OH is 1. The summed E-state index contributed by atoms with van der Waals surface area (Å²) in [6, 6.07) is 4.16. The summed E-state index contributed by atoms with van der Waals surface area (Å²) < 4.78 is 150. The predicted molar refractivity (Wildman–Crippen MR) is 77.3 cm³/mol. The number of hydrogen-bond acceptors (Lipinski definition) is 1. The van der Waals surface area contributed by atoms with Crippen LogP contribution >= 0.6 is 22.6 Å². The van der Waals surface area contributed by atoms with Crippen molar-refractivity contribution in [3.8, 4) is 0 Å². The molecule has 154 valence electrons. The average Bonchev–Trinajstić information content (AvgIpc) is 2.53. The summed E-state index contributed by atoms with van der Waals surface area (Å²) in [5.41, 5.74) is -6.74. The maximum atomic E-state index is 14.5. The van der Waals surface area contributed by atoms with Crippen molar-refractivity contribution in [2.45, 2.75) is 47.8 Å². The van der Waals surface area contributed by atoms with E-state index in [0.717, 1.165) is 12.1 Å². The number of aliphatic hydroxyl groups is 1. The maximum Gasteiger partial charge on any atom is 0.384 e. The molecule has 27 heavy (non-hydrogen) atoms. The van der Waals surface area contributed by atoms with Crippen LogP contribution in [0.15, 0.2) is 24.3 Å². The van der Waals surface area contributed by atoms with E-state index in [2.05, 4.69) is 0 Å². The van der Waals surface area contributed by atoms with Crippen molar-refractivity contribution in [2.24, 2.45) is 0 Å². The first-order valence-electron chi connectivity index (χ1n) is 6.90. The largest absolute Gasteiger partial charge is 0.388 e. The van der Waals surface area contributed by atoms with Crippen molar-refractivity contribution in [2.75, 3.05) is 0 Å². The first-order chi connectivity index (χ1) is 11.9. The summed E-state index contributed by atoms with van der Waals surface area (Å²) >= 11 is 1.72. The van der Waals surface area contributed by atoms with E-state index >= 15 is 0 Å². The van der Waals surface area contributed by atoms with E-state index in [1.54, 1.807) is 22.6 Å². The highest BCUT2D eigenvalue weighted by atomic mass is 127. The van der Waals surface area contributed by atoms with Gasteiger partial charge in [-0.25, -0.2) is 4.39 Å². The SMILES string of the molecule is OC(CC1(F)C(F)(F)C(F)(F)C(F)(F)C(F)(F)C1(F)F)c1ccc(I)cc1. The van der Waals surface area contributed by atoms with Gasteiger partial charge in [0.25, 0.3) is 5.67 Å². The van der Waals surface area contributed by atoms with Crippen LogP contribution in [0.3, 0.4) is 0 Å². The van der Waals surface area contributed by atoms with Gasteiger partial charge in [-0.15, -0.1) is 0 Å². The van der Waals surface area contributed by atoms with Crippen LogP contribution in [0, 0.1) is 3.57 Å². The first-order valence-corrected chi connectivity index (χ1v) is 7.98. The van der Waals surface area contributed by atoms with Crippen molar-refractivity contribution in [3.63, 3.8) is 0 Å². The minimum atomic E-state index is -7.25. The molecule has 0 saturated heterocycles. The van der Waals surface area contributed by atoms with E-state index in [-0.39, 0.29) is 0 Å². The second kappa shape index (κ2) is 6.07. The van der Waals surface area contributed by atoms with E-state index in [1.165, 1.54) is 12.1 Å². The molecule has 0 aromatic heterocycles. The molecular weight excluding hydrogens is 520 g/mol. The monoisotopic (exact) mass is 528 g/mol. The topological polar surface area (TPSA) is 20.2 Å². The van der Waals surface area contributed by atoms with E-state index in [4.69, 9.17) is 0 Å². The van der Waals surface area contributed by atoms with Gasteiger partial charge in [-0.05, 0) is 40.3 Å². The summed E-state index contributed by atoms with van der Waals surface area (Å²) in [4.78, 5) is 0. The van der Waals surface area contributed by atoms with Crippen LogP contribution in [0.1, 0.15) is 18.1 Å². The molecule has 1 N–H and O–H groups in total. The zero-order chi connectivity index (χ0) is 21.3. The van der Waals surface area contributed by atoms with Gasteiger partial charge in [-0.2, -0.15) is 43.9 Å². The van der Waals surface area contributed by atoms with Gasteiger partial charge in [0.05, 0.1) is 6.10 Å². The van der Waals surface area contributed by atoms with Crippen molar-refractivity contribution < 1.29 is 53.4 Å². The second-order valence-corrected chi connectivity index (χ2v) is 7.19. The van der Waals surface area contributed by atoms with Gasteiger partial charge in [-0.3, -0.25) is 0 Å². The molecule has 0 bridgehead atoms. The predicted octanol–water partition coefficient (Wildman–Crippen LogP) is 5.61. The summed E-state index contributed by atoms with van der Waals surface area (Å²) in [5, 5.41) is 9.68. The van der Waals surface area contributed by atoms with Gasteiger partial charge in [0.15, 0.2) is 0 Å². The number of benzene rings is 1. The molecular formula is C14H8F11IO. The van der Waals surface area contributed by atoms with Gasteiger partial charge in [0.2, 0.25) is 0 Å². The number of rotatable bonds is 3. The Labute approximate surface area is 157 Å². The van der Waals surface area contributed by atoms with Gasteiger partial charge in [-0.1, -0.05) is 12.1 Å². The van der Waals surface area contributed by atoms with Crippen LogP contribution in [0.2, 0.25) is 0 Å². The molecule has 13 heteroatoms. The molecule has 2 rings (SSSR count). The molecule has 1 aromatic carbocycles. The second-order valence-electron chi connectivity index (χ2n) is 5.94. The summed E-state index contributed by atoms with van der Waals surface area (Å²) in [7, 11) is 0. The molecule has 1 atom stereocenters.